The minimum atomic E-state index is -1.21. The number of methoxy groups -OCH3 is 1. The van der Waals surface area contributed by atoms with Gasteiger partial charge in [0.05, 0.1) is 7.11 Å². The van der Waals surface area contributed by atoms with Crippen molar-refractivity contribution in [3.63, 3.8) is 0 Å². The summed E-state index contributed by atoms with van der Waals surface area (Å²) in [6.45, 7) is 2.82. The number of rotatable bonds is 4. The van der Waals surface area contributed by atoms with Crippen molar-refractivity contribution in [3.8, 4) is 5.75 Å². The Bertz CT molecular complexity index is 728. The number of benzene rings is 1. The van der Waals surface area contributed by atoms with Crippen molar-refractivity contribution in [3.05, 3.63) is 29.8 Å². The Balaban J connectivity index is 1.74. The van der Waals surface area contributed by atoms with E-state index in [1.807, 2.05) is 0 Å². The Hall–Kier alpha value is -2.57. The molecule has 2 fully saturated rings. The second-order valence-electron chi connectivity index (χ2n) is 7.33. The topological polar surface area (TPSA) is 79.0 Å². The number of imide groups is 1. The SMILES string of the molecule is COc1cccc([C@]2(C)NC(=O)N(CC(=O)N3CCCCCCC3)C2=O)c1. The number of ether oxygens (including phenoxy) is 1. The first-order valence-corrected chi connectivity index (χ1v) is 9.52. The van der Waals surface area contributed by atoms with Gasteiger partial charge in [0.2, 0.25) is 5.91 Å². The van der Waals surface area contributed by atoms with Crippen LogP contribution in [0.25, 0.3) is 0 Å². The molecule has 1 aromatic carbocycles. The molecule has 3 rings (SSSR count). The van der Waals surface area contributed by atoms with Crippen molar-refractivity contribution in [2.75, 3.05) is 26.7 Å². The third-order valence-electron chi connectivity index (χ3n) is 5.42. The molecule has 1 N–H and O–H groups in total. The van der Waals surface area contributed by atoms with E-state index in [0.29, 0.717) is 24.4 Å². The zero-order chi connectivity index (χ0) is 19.4. The van der Waals surface area contributed by atoms with E-state index in [9.17, 15) is 14.4 Å². The van der Waals surface area contributed by atoms with Crippen LogP contribution in [0.4, 0.5) is 4.79 Å². The summed E-state index contributed by atoms with van der Waals surface area (Å²) in [5.74, 6) is 0.0161. The molecule has 0 spiro atoms. The van der Waals surface area contributed by atoms with Gasteiger partial charge in [-0.3, -0.25) is 14.5 Å². The molecule has 2 aliphatic heterocycles. The fourth-order valence-corrected chi connectivity index (χ4v) is 3.70. The second-order valence-corrected chi connectivity index (χ2v) is 7.33. The van der Waals surface area contributed by atoms with E-state index in [2.05, 4.69) is 5.32 Å². The molecule has 7 heteroatoms. The third kappa shape index (κ3) is 3.91. The third-order valence-corrected chi connectivity index (χ3v) is 5.42. The molecular weight excluding hydrogens is 346 g/mol. The van der Waals surface area contributed by atoms with Crippen molar-refractivity contribution < 1.29 is 19.1 Å². The highest BCUT2D eigenvalue weighted by molar-refractivity contribution is 6.09. The average molecular weight is 373 g/mol. The smallest absolute Gasteiger partial charge is 0.325 e. The first-order valence-electron chi connectivity index (χ1n) is 9.52. The van der Waals surface area contributed by atoms with Crippen LogP contribution in [0.2, 0.25) is 0 Å². The monoisotopic (exact) mass is 373 g/mol. The Morgan fingerprint density at radius 2 is 1.81 bits per heavy atom. The van der Waals surface area contributed by atoms with Gasteiger partial charge in [-0.25, -0.2) is 4.79 Å². The van der Waals surface area contributed by atoms with E-state index in [1.54, 1.807) is 43.2 Å². The summed E-state index contributed by atoms with van der Waals surface area (Å²) in [6, 6.07) is 6.50. The molecule has 7 nitrogen and oxygen atoms in total. The summed E-state index contributed by atoms with van der Waals surface area (Å²) in [7, 11) is 1.55. The predicted molar refractivity (Wildman–Crippen MR) is 100 cm³/mol. The molecule has 0 unspecified atom stereocenters. The van der Waals surface area contributed by atoms with Crippen LogP contribution in [0.3, 0.4) is 0 Å². The van der Waals surface area contributed by atoms with Crippen LogP contribution in [0.5, 0.6) is 5.75 Å². The molecule has 2 aliphatic rings. The van der Waals surface area contributed by atoms with Crippen LogP contribution < -0.4 is 10.1 Å². The van der Waals surface area contributed by atoms with E-state index in [4.69, 9.17) is 4.74 Å². The second kappa shape index (κ2) is 7.98. The van der Waals surface area contributed by atoms with E-state index in [-0.39, 0.29) is 12.5 Å². The quantitative estimate of drug-likeness (QED) is 0.821. The lowest BCUT2D eigenvalue weighted by molar-refractivity contribution is -0.139. The fourth-order valence-electron chi connectivity index (χ4n) is 3.70. The van der Waals surface area contributed by atoms with Crippen molar-refractivity contribution >= 4 is 17.8 Å². The predicted octanol–water partition coefficient (Wildman–Crippen LogP) is 2.25. The molecule has 1 atom stereocenters. The Labute approximate surface area is 159 Å². The minimum absolute atomic E-state index is 0.171. The standard InChI is InChI=1S/C20H27N3O4/c1-20(15-9-8-10-16(13-15)27-2)18(25)23(19(26)21-20)14-17(24)22-11-6-4-3-5-7-12-22/h8-10,13H,3-7,11-12,14H2,1-2H3,(H,21,26)/t20-/m0/s1. The number of carbonyl (C=O) groups excluding carboxylic acids is 3. The highest BCUT2D eigenvalue weighted by atomic mass is 16.5. The summed E-state index contributed by atoms with van der Waals surface area (Å²) < 4.78 is 5.22. The number of urea groups is 1. The van der Waals surface area contributed by atoms with Crippen LogP contribution in [0, 0.1) is 0 Å². The number of likely N-dealkylation sites (tertiary alicyclic amines) is 1. The van der Waals surface area contributed by atoms with Crippen LogP contribution in [0.1, 0.15) is 44.6 Å². The van der Waals surface area contributed by atoms with Crippen molar-refractivity contribution in [2.24, 2.45) is 0 Å². The Morgan fingerprint density at radius 3 is 2.48 bits per heavy atom. The lowest BCUT2D eigenvalue weighted by atomic mass is 9.92. The van der Waals surface area contributed by atoms with Crippen LogP contribution in [-0.4, -0.2) is 54.4 Å². The molecule has 2 heterocycles. The first kappa shape index (κ1) is 19.2. The van der Waals surface area contributed by atoms with Gasteiger partial charge >= 0.3 is 6.03 Å². The van der Waals surface area contributed by atoms with Crippen molar-refractivity contribution in [2.45, 2.75) is 44.6 Å². The van der Waals surface area contributed by atoms with Gasteiger partial charge in [0.15, 0.2) is 0 Å². The normalized spacial score (nSPS) is 23.6. The first-order chi connectivity index (χ1) is 13.0. The van der Waals surface area contributed by atoms with Crippen LogP contribution >= 0.6 is 0 Å². The highest BCUT2D eigenvalue weighted by Crippen LogP contribution is 2.30. The zero-order valence-electron chi connectivity index (χ0n) is 16.0. The largest absolute Gasteiger partial charge is 0.497 e. The highest BCUT2D eigenvalue weighted by Gasteiger charge is 2.49. The average Bonchev–Trinajstić information content (AvgIpc) is 2.85. The van der Waals surface area contributed by atoms with Crippen LogP contribution in [0.15, 0.2) is 24.3 Å². The lowest BCUT2D eigenvalue weighted by Gasteiger charge is -2.27. The van der Waals surface area contributed by atoms with Gasteiger partial charge in [-0.15, -0.1) is 0 Å². The summed E-state index contributed by atoms with van der Waals surface area (Å²) in [5.41, 5.74) is -0.580. The van der Waals surface area contributed by atoms with Crippen molar-refractivity contribution in [1.82, 2.24) is 15.1 Å². The number of nitrogens with zero attached hydrogens (tertiary/aromatic N) is 2. The summed E-state index contributed by atoms with van der Waals surface area (Å²) >= 11 is 0. The van der Waals surface area contributed by atoms with Gasteiger partial charge in [0.1, 0.15) is 17.8 Å². The maximum absolute atomic E-state index is 13.0. The molecule has 0 bridgehead atoms. The molecule has 0 aromatic heterocycles. The van der Waals surface area contributed by atoms with Gasteiger partial charge in [-0.1, -0.05) is 31.4 Å². The van der Waals surface area contributed by atoms with E-state index in [0.717, 1.165) is 30.6 Å². The van der Waals surface area contributed by atoms with Crippen molar-refractivity contribution in [1.29, 1.82) is 0 Å². The maximum atomic E-state index is 13.0. The fraction of sp³-hybridized carbons (Fsp3) is 0.550. The lowest BCUT2D eigenvalue weighted by Crippen LogP contribution is -2.45. The molecule has 1 aromatic rings. The van der Waals surface area contributed by atoms with E-state index < -0.39 is 17.5 Å². The Morgan fingerprint density at radius 1 is 1.15 bits per heavy atom. The molecular formula is C20H27N3O4. The summed E-state index contributed by atoms with van der Waals surface area (Å²) in [4.78, 5) is 41.0. The Kier molecular flexibility index (Phi) is 5.68. The molecule has 0 radical (unpaired) electrons. The minimum Gasteiger partial charge on any atom is -0.497 e. The van der Waals surface area contributed by atoms with E-state index >= 15 is 0 Å². The molecule has 27 heavy (non-hydrogen) atoms. The van der Waals surface area contributed by atoms with Gasteiger partial charge in [-0.2, -0.15) is 0 Å². The van der Waals surface area contributed by atoms with Gasteiger partial charge in [-0.05, 0) is 37.5 Å². The zero-order valence-corrected chi connectivity index (χ0v) is 16.0. The molecule has 146 valence electrons. The van der Waals surface area contributed by atoms with Gasteiger partial charge < -0.3 is 15.0 Å². The molecule has 0 aliphatic carbocycles. The number of hydrogen-bond acceptors (Lipinski definition) is 4. The van der Waals surface area contributed by atoms with E-state index in [1.165, 1.54) is 6.42 Å². The number of hydrogen-bond donors (Lipinski definition) is 1. The number of carbonyl (C=O) groups is 3. The van der Waals surface area contributed by atoms with Gasteiger partial charge in [0, 0.05) is 13.1 Å². The molecule has 4 amide bonds. The number of amides is 4. The molecule has 2 saturated heterocycles. The summed E-state index contributed by atoms with van der Waals surface area (Å²) in [5, 5.41) is 2.74. The summed E-state index contributed by atoms with van der Waals surface area (Å²) in [6.07, 6.45) is 5.36. The number of nitrogens with one attached hydrogen (secondary N) is 1. The van der Waals surface area contributed by atoms with Crippen LogP contribution in [-0.2, 0) is 15.1 Å². The maximum Gasteiger partial charge on any atom is 0.325 e. The molecule has 0 saturated carbocycles. The van der Waals surface area contributed by atoms with Gasteiger partial charge in [0.25, 0.3) is 5.91 Å².